The number of likely N-dealkylation sites (tertiary alicyclic amines) is 1. The van der Waals surface area contributed by atoms with Gasteiger partial charge in [0.1, 0.15) is 5.69 Å². The summed E-state index contributed by atoms with van der Waals surface area (Å²) in [5, 5.41) is 24.2. The molecule has 0 aliphatic carbocycles. The topological polar surface area (TPSA) is 134 Å². The number of non-ortho nitro benzene ring substituents is 1. The van der Waals surface area contributed by atoms with Gasteiger partial charge < -0.3 is 10.2 Å². The largest absolute Gasteiger partial charge is 0.342 e. The summed E-state index contributed by atoms with van der Waals surface area (Å²) in [6.45, 7) is 1.24. The molecule has 4 aromatic rings. The Balaban J connectivity index is 1.20. The van der Waals surface area contributed by atoms with Crippen LogP contribution in [0.25, 0.3) is 10.9 Å². The van der Waals surface area contributed by atoms with E-state index < -0.39 is 10.8 Å². The van der Waals surface area contributed by atoms with E-state index in [-0.39, 0.29) is 35.4 Å². The minimum atomic E-state index is -0.500. The molecule has 12 heteroatoms. The lowest BCUT2D eigenvalue weighted by Gasteiger charge is -2.31. The molecule has 2 amide bonds. The number of carbonyl (C=O) groups excluding carboxylic acids is 2. The number of nitrogens with one attached hydrogen (secondary N) is 2. The third-order valence-corrected chi connectivity index (χ3v) is 7.62. The average molecular weight is 525 g/mol. The fourth-order valence-electron chi connectivity index (χ4n) is 4.25. The van der Waals surface area contributed by atoms with E-state index in [1.165, 1.54) is 23.5 Å². The van der Waals surface area contributed by atoms with Gasteiger partial charge in [0.25, 0.3) is 11.6 Å². The molecule has 0 atom stereocenters. The van der Waals surface area contributed by atoms with Crippen LogP contribution in [0.15, 0.2) is 47.8 Å². The van der Waals surface area contributed by atoms with Gasteiger partial charge in [0, 0.05) is 41.5 Å². The molecule has 1 saturated heterocycles. The Labute approximate surface area is 214 Å². The van der Waals surface area contributed by atoms with Crippen LogP contribution in [0.2, 0.25) is 5.02 Å². The van der Waals surface area contributed by atoms with Crippen molar-refractivity contribution >= 4 is 57.2 Å². The number of nitro groups is 1. The van der Waals surface area contributed by atoms with Crippen molar-refractivity contribution in [3.63, 3.8) is 0 Å². The average Bonchev–Trinajstić information content (AvgIpc) is 3.53. The second-order valence-electron chi connectivity index (χ2n) is 8.51. The van der Waals surface area contributed by atoms with Crippen molar-refractivity contribution in [2.75, 3.05) is 18.4 Å². The maximum atomic E-state index is 12.8. The van der Waals surface area contributed by atoms with Crippen LogP contribution in [0, 0.1) is 10.1 Å². The number of fused-ring (bicyclic) bond motifs is 1. The van der Waals surface area contributed by atoms with E-state index in [4.69, 9.17) is 11.6 Å². The van der Waals surface area contributed by atoms with Gasteiger partial charge in [-0.2, -0.15) is 5.10 Å². The van der Waals surface area contributed by atoms with Crippen molar-refractivity contribution in [1.29, 1.82) is 0 Å². The Kier molecular flexibility index (Phi) is 6.66. The third-order valence-electron chi connectivity index (χ3n) is 6.24. The first kappa shape index (κ1) is 23.9. The molecule has 1 aliphatic rings. The Morgan fingerprint density at radius 3 is 2.75 bits per heavy atom. The van der Waals surface area contributed by atoms with Gasteiger partial charge in [-0.1, -0.05) is 29.8 Å². The van der Waals surface area contributed by atoms with Crippen LogP contribution >= 0.6 is 22.9 Å². The molecular weight excluding hydrogens is 504 g/mol. The molecule has 3 heterocycles. The molecule has 1 fully saturated rings. The van der Waals surface area contributed by atoms with Gasteiger partial charge in [-0.3, -0.25) is 24.8 Å². The Hall–Kier alpha value is -3.83. The summed E-state index contributed by atoms with van der Waals surface area (Å²) in [5.74, 6) is -0.0228. The van der Waals surface area contributed by atoms with E-state index in [2.05, 4.69) is 20.5 Å². The van der Waals surface area contributed by atoms with E-state index in [1.807, 2.05) is 23.1 Å². The zero-order chi connectivity index (χ0) is 25.2. The van der Waals surface area contributed by atoms with E-state index in [0.29, 0.717) is 29.0 Å². The third kappa shape index (κ3) is 4.93. The Bertz CT molecular complexity index is 1460. The number of aromatic amines is 1. The molecule has 10 nitrogen and oxygen atoms in total. The molecule has 0 unspecified atom stereocenters. The standard InChI is InChI=1S/C24H21ClN6O4S/c25-18-4-2-1-3-15(18)11-21(32)30-9-7-14(8-10-30)24-26-20(13-36-24)23(33)27-22-17-12-16(31(34)35)5-6-19(17)28-29-22/h1-6,12-14H,7-11H2,(H2,27,28,29,33). The highest BCUT2D eigenvalue weighted by Gasteiger charge is 2.27. The number of nitro benzene ring substituents is 1. The lowest BCUT2D eigenvalue weighted by Crippen LogP contribution is -2.38. The first-order chi connectivity index (χ1) is 17.4. The molecule has 0 bridgehead atoms. The highest BCUT2D eigenvalue weighted by molar-refractivity contribution is 7.10. The quantitative estimate of drug-likeness (QED) is 0.275. The number of nitrogens with zero attached hydrogens (tertiary/aromatic N) is 4. The number of rotatable bonds is 6. The fourth-order valence-corrected chi connectivity index (χ4v) is 5.43. The molecule has 0 spiro atoms. The van der Waals surface area contributed by atoms with Crippen LogP contribution in [0.1, 0.15) is 39.8 Å². The van der Waals surface area contributed by atoms with Crippen LogP contribution in [-0.2, 0) is 11.2 Å². The molecule has 36 heavy (non-hydrogen) atoms. The smallest absolute Gasteiger partial charge is 0.276 e. The number of anilines is 1. The van der Waals surface area contributed by atoms with E-state index in [9.17, 15) is 19.7 Å². The zero-order valence-electron chi connectivity index (χ0n) is 18.9. The van der Waals surface area contributed by atoms with Gasteiger partial charge in [-0.25, -0.2) is 4.98 Å². The van der Waals surface area contributed by atoms with Gasteiger partial charge >= 0.3 is 0 Å². The van der Waals surface area contributed by atoms with Crippen molar-refractivity contribution in [1.82, 2.24) is 20.1 Å². The van der Waals surface area contributed by atoms with Crippen LogP contribution in [0.5, 0.6) is 0 Å². The van der Waals surface area contributed by atoms with Crippen LogP contribution in [-0.4, -0.2) is 49.9 Å². The van der Waals surface area contributed by atoms with Gasteiger partial charge in [-0.05, 0) is 30.5 Å². The molecule has 2 aromatic heterocycles. The highest BCUT2D eigenvalue weighted by atomic mass is 35.5. The second-order valence-corrected chi connectivity index (χ2v) is 9.80. The number of carbonyl (C=O) groups is 2. The SMILES string of the molecule is O=C(Nc1n[nH]c2ccc([N+](=O)[O-])cc12)c1csc(C2CCN(C(=O)Cc3ccccc3Cl)CC2)n1. The monoisotopic (exact) mass is 524 g/mol. The number of hydrogen-bond acceptors (Lipinski definition) is 7. The summed E-state index contributed by atoms with van der Waals surface area (Å²) in [7, 11) is 0. The normalized spacial score (nSPS) is 14.2. The summed E-state index contributed by atoms with van der Waals surface area (Å²) in [5.41, 5.74) is 1.56. The summed E-state index contributed by atoms with van der Waals surface area (Å²) >= 11 is 7.60. The molecule has 0 saturated carbocycles. The second kappa shape index (κ2) is 10.0. The lowest BCUT2D eigenvalue weighted by molar-refractivity contribution is -0.384. The maximum Gasteiger partial charge on any atom is 0.276 e. The van der Waals surface area contributed by atoms with Gasteiger partial charge in [-0.15, -0.1) is 11.3 Å². The lowest BCUT2D eigenvalue weighted by atomic mass is 9.97. The minimum absolute atomic E-state index is 0.0484. The van der Waals surface area contributed by atoms with E-state index in [0.717, 1.165) is 23.4 Å². The van der Waals surface area contributed by atoms with E-state index >= 15 is 0 Å². The summed E-state index contributed by atoms with van der Waals surface area (Å²) in [6, 6.07) is 11.6. The number of thiazole rings is 1. The van der Waals surface area contributed by atoms with Crippen molar-refractivity contribution in [2.24, 2.45) is 0 Å². The molecule has 5 rings (SSSR count). The molecular formula is C24H21ClN6O4S. The molecule has 2 aromatic carbocycles. The number of hydrogen-bond donors (Lipinski definition) is 2. The molecule has 1 aliphatic heterocycles. The first-order valence-corrected chi connectivity index (χ1v) is 12.6. The zero-order valence-corrected chi connectivity index (χ0v) is 20.5. The van der Waals surface area contributed by atoms with Gasteiger partial charge in [0.15, 0.2) is 5.82 Å². The summed E-state index contributed by atoms with van der Waals surface area (Å²) in [4.78, 5) is 42.5. The van der Waals surface area contributed by atoms with Crippen LogP contribution in [0.4, 0.5) is 11.5 Å². The first-order valence-electron chi connectivity index (χ1n) is 11.3. The van der Waals surface area contributed by atoms with Crippen molar-refractivity contribution in [3.8, 4) is 0 Å². The summed E-state index contributed by atoms with van der Waals surface area (Å²) < 4.78 is 0. The molecule has 184 valence electrons. The number of halogens is 1. The van der Waals surface area contributed by atoms with Crippen molar-refractivity contribution < 1.29 is 14.5 Å². The number of piperidine rings is 1. The highest BCUT2D eigenvalue weighted by Crippen LogP contribution is 2.31. The number of H-pyrrole nitrogens is 1. The predicted molar refractivity (Wildman–Crippen MR) is 137 cm³/mol. The van der Waals surface area contributed by atoms with Crippen molar-refractivity contribution in [3.05, 3.63) is 79.2 Å². The van der Waals surface area contributed by atoms with Crippen molar-refractivity contribution in [2.45, 2.75) is 25.2 Å². The molecule has 0 radical (unpaired) electrons. The Morgan fingerprint density at radius 2 is 2.00 bits per heavy atom. The van der Waals surface area contributed by atoms with E-state index in [1.54, 1.807) is 17.5 Å². The van der Waals surface area contributed by atoms with Crippen LogP contribution in [0.3, 0.4) is 0 Å². The summed E-state index contributed by atoms with van der Waals surface area (Å²) in [6.07, 6.45) is 1.80. The number of benzene rings is 2. The predicted octanol–water partition coefficient (Wildman–Crippen LogP) is 4.78. The molecule has 2 N–H and O–H groups in total. The van der Waals surface area contributed by atoms with Gasteiger partial charge in [0.05, 0.1) is 27.3 Å². The van der Waals surface area contributed by atoms with Gasteiger partial charge in [0.2, 0.25) is 5.91 Å². The number of amides is 2. The van der Waals surface area contributed by atoms with Crippen LogP contribution < -0.4 is 5.32 Å². The minimum Gasteiger partial charge on any atom is -0.342 e. The maximum absolute atomic E-state index is 12.8. The fraction of sp³-hybridized carbons (Fsp3) is 0.250. The number of aromatic nitrogens is 3. The Morgan fingerprint density at radius 1 is 1.22 bits per heavy atom.